The summed E-state index contributed by atoms with van der Waals surface area (Å²) in [6.45, 7) is 0.830. The number of piperidine rings is 1. The average molecular weight is 374 g/mol. The molecule has 0 amide bonds. The number of benzene rings is 1. The van der Waals surface area contributed by atoms with Crippen molar-refractivity contribution in [3.8, 4) is 0 Å². The quantitative estimate of drug-likeness (QED) is 0.866. The molecule has 0 radical (unpaired) electrons. The molecule has 21 heavy (non-hydrogen) atoms. The van der Waals surface area contributed by atoms with Crippen LogP contribution in [-0.4, -0.2) is 36.5 Å². The van der Waals surface area contributed by atoms with Gasteiger partial charge in [0.25, 0.3) is 0 Å². The summed E-state index contributed by atoms with van der Waals surface area (Å²) >= 11 is 3.32. The number of hydrogen-bond donors (Lipinski definition) is 1. The van der Waals surface area contributed by atoms with E-state index in [9.17, 15) is 13.5 Å². The van der Waals surface area contributed by atoms with E-state index in [-0.39, 0.29) is 5.92 Å². The smallest absolute Gasteiger partial charge is 0.244 e. The fraction of sp³-hybridized carbons (Fsp3) is 0.600. The Morgan fingerprint density at radius 3 is 2.76 bits per heavy atom. The third-order valence-electron chi connectivity index (χ3n) is 4.84. The molecule has 1 aromatic carbocycles. The minimum Gasteiger partial charge on any atom is -0.390 e. The van der Waals surface area contributed by atoms with Crippen molar-refractivity contribution in [2.45, 2.75) is 42.6 Å². The second-order valence-electron chi connectivity index (χ2n) is 6.09. The lowest BCUT2D eigenvalue weighted by atomic mass is 9.72. The first-order valence-electron chi connectivity index (χ1n) is 7.40. The maximum absolute atomic E-state index is 12.8. The minimum atomic E-state index is -3.49. The molecular formula is C15H20BrNO3S. The molecule has 2 aliphatic rings. The van der Waals surface area contributed by atoms with Crippen molar-refractivity contribution >= 4 is 26.0 Å². The fourth-order valence-corrected chi connectivity index (χ4v) is 6.00. The van der Waals surface area contributed by atoms with Crippen molar-refractivity contribution in [1.29, 1.82) is 0 Å². The Labute approximate surface area is 134 Å². The summed E-state index contributed by atoms with van der Waals surface area (Å²) in [5, 5.41) is 10.7. The number of rotatable bonds is 2. The zero-order chi connectivity index (χ0) is 15.1. The first kappa shape index (κ1) is 15.5. The number of nitrogens with zero attached hydrogens (tertiary/aromatic N) is 1. The monoisotopic (exact) mass is 373 g/mol. The molecule has 1 aromatic rings. The molecule has 3 rings (SSSR count). The van der Waals surface area contributed by atoms with E-state index >= 15 is 0 Å². The van der Waals surface area contributed by atoms with E-state index in [2.05, 4.69) is 15.9 Å². The number of fused-ring (bicyclic) bond motifs is 1. The third-order valence-corrected chi connectivity index (χ3v) is 7.72. The number of hydrogen-bond acceptors (Lipinski definition) is 3. The lowest BCUT2D eigenvalue weighted by molar-refractivity contribution is -0.0816. The van der Waals surface area contributed by atoms with E-state index < -0.39 is 15.6 Å². The third kappa shape index (κ3) is 2.79. The van der Waals surface area contributed by atoms with Gasteiger partial charge >= 0.3 is 0 Å². The zero-order valence-corrected chi connectivity index (χ0v) is 14.2. The second-order valence-corrected chi connectivity index (χ2v) is 8.85. The molecule has 4 nitrogen and oxygen atoms in total. The van der Waals surface area contributed by atoms with E-state index in [0.717, 1.165) is 25.7 Å². The van der Waals surface area contributed by atoms with Crippen LogP contribution in [0.5, 0.6) is 0 Å². The standard InChI is InChI=1S/C15H20BrNO3S/c16-13-6-1-2-7-14(13)21(19,20)17-10-9-15(18)8-4-3-5-12(15)11-17/h1-2,6-7,12,18H,3-5,8-11H2. The van der Waals surface area contributed by atoms with Crippen LogP contribution in [0.3, 0.4) is 0 Å². The second kappa shape index (κ2) is 5.65. The lowest BCUT2D eigenvalue weighted by Gasteiger charge is -2.46. The first-order chi connectivity index (χ1) is 9.93. The molecule has 116 valence electrons. The normalized spacial score (nSPS) is 30.9. The largest absolute Gasteiger partial charge is 0.390 e. The predicted octanol–water partition coefficient (Wildman–Crippen LogP) is 2.76. The van der Waals surface area contributed by atoms with Crippen molar-refractivity contribution in [3.05, 3.63) is 28.7 Å². The molecule has 2 unspecified atom stereocenters. The highest BCUT2D eigenvalue weighted by atomic mass is 79.9. The van der Waals surface area contributed by atoms with Gasteiger partial charge in [0, 0.05) is 23.5 Å². The van der Waals surface area contributed by atoms with Gasteiger partial charge in [0.05, 0.1) is 10.5 Å². The summed E-state index contributed by atoms with van der Waals surface area (Å²) in [6, 6.07) is 6.91. The molecule has 0 bridgehead atoms. The Morgan fingerprint density at radius 1 is 1.24 bits per heavy atom. The highest BCUT2D eigenvalue weighted by Crippen LogP contribution is 2.41. The van der Waals surface area contributed by atoms with Crippen LogP contribution in [0.4, 0.5) is 0 Å². The Morgan fingerprint density at radius 2 is 2.00 bits per heavy atom. The lowest BCUT2D eigenvalue weighted by Crippen LogP contribution is -2.54. The summed E-state index contributed by atoms with van der Waals surface area (Å²) < 4.78 is 27.7. The van der Waals surface area contributed by atoms with Crippen LogP contribution >= 0.6 is 15.9 Å². The Bertz CT molecular complexity index is 634. The molecule has 1 saturated heterocycles. The summed E-state index contributed by atoms with van der Waals surface area (Å²) in [5.74, 6) is 0.0669. The fourth-order valence-electron chi connectivity index (χ4n) is 3.55. The van der Waals surface area contributed by atoms with E-state index in [4.69, 9.17) is 0 Å². The molecular weight excluding hydrogens is 354 g/mol. The molecule has 1 saturated carbocycles. The van der Waals surface area contributed by atoms with Crippen LogP contribution in [0.1, 0.15) is 32.1 Å². The van der Waals surface area contributed by atoms with Gasteiger partial charge in [-0.05, 0) is 47.3 Å². The van der Waals surface area contributed by atoms with Gasteiger partial charge in [-0.1, -0.05) is 25.0 Å². The van der Waals surface area contributed by atoms with Crippen molar-refractivity contribution in [2.75, 3.05) is 13.1 Å². The maximum Gasteiger partial charge on any atom is 0.244 e. The first-order valence-corrected chi connectivity index (χ1v) is 9.64. The molecule has 2 atom stereocenters. The predicted molar refractivity (Wildman–Crippen MR) is 84.4 cm³/mol. The molecule has 0 aromatic heterocycles. The van der Waals surface area contributed by atoms with Gasteiger partial charge < -0.3 is 5.11 Å². The van der Waals surface area contributed by atoms with E-state index in [1.165, 1.54) is 4.31 Å². The van der Waals surface area contributed by atoms with Crippen molar-refractivity contribution in [2.24, 2.45) is 5.92 Å². The topological polar surface area (TPSA) is 57.6 Å². The van der Waals surface area contributed by atoms with Crippen molar-refractivity contribution in [1.82, 2.24) is 4.31 Å². The highest BCUT2D eigenvalue weighted by molar-refractivity contribution is 9.10. The highest BCUT2D eigenvalue weighted by Gasteiger charge is 2.45. The van der Waals surface area contributed by atoms with Gasteiger partial charge in [-0.2, -0.15) is 4.31 Å². The molecule has 1 heterocycles. The average Bonchev–Trinajstić information content (AvgIpc) is 2.46. The van der Waals surface area contributed by atoms with Crippen LogP contribution in [-0.2, 0) is 10.0 Å². The van der Waals surface area contributed by atoms with E-state index in [1.807, 2.05) is 0 Å². The SMILES string of the molecule is O=S(=O)(c1ccccc1Br)N1CCC2(O)CCCCC2C1. The van der Waals surface area contributed by atoms with Gasteiger partial charge in [-0.3, -0.25) is 0 Å². The summed E-state index contributed by atoms with van der Waals surface area (Å²) in [7, 11) is -3.49. The molecule has 2 fully saturated rings. The Hall–Kier alpha value is -0.430. The maximum atomic E-state index is 12.8. The molecule has 6 heteroatoms. The summed E-state index contributed by atoms with van der Waals surface area (Å²) in [4.78, 5) is 0.311. The van der Waals surface area contributed by atoms with Gasteiger partial charge in [-0.15, -0.1) is 0 Å². The van der Waals surface area contributed by atoms with Gasteiger partial charge in [0.1, 0.15) is 0 Å². The van der Waals surface area contributed by atoms with Gasteiger partial charge in [-0.25, -0.2) is 8.42 Å². The zero-order valence-electron chi connectivity index (χ0n) is 11.8. The Balaban J connectivity index is 1.86. The minimum absolute atomic E-state index is 0.0669. The number of sulfonamides is 1. The number of halogens is 1. The summed E-state index contributed by atoms with van der Waals surface area (Å²) in [6.07, 6.45) is 4.39. The molecule has 1 N–H and O–H groups in total. The van der Waals surface area contributed by atoms with Crippen LogP contribution in [0.25, 0.3) is 0 Å². The van der Waals surface area contributed by atoms with Gasteiger partial charge in [0.15, 0.2) is 0 Å². The number of aliphatic hydroxyl groups is 1. The van der Waals surface area contributed by atoms with Crippen LogP contribution in [0.15, 0.2) is 33.6 Å². The van der Waals surface area contributed by atoms with Crippen molar-refractivity contribution in [3.63, 3.8) is 0 Å². The van der Waals surface area contributed by atoms with E-state index in [0.29, 0.717) is 28.9 Å². The molecule has 1 aliphatic heterocycles. The van der Waals surface area contributed by atoms with Crippen molar-refractivity contribution < 1.29 is 13.5 Å². The van der Waals surface area contributed by atoms with Crippen LogP contribution in [0, 0.1) is 5.92 Å². The van der Waals surface area contributed by atoms with Crippen LogP contribution in [0.2, 0.25) is 0 Å². The van der Waals surface area contributed by atoms with Gasteiger partial charge in [0.2, 0.25) is 10.0 Å². The van der Waals surface area contributed by atoms with Crippen LogP contribution < -0.4 is 0 Å². The molecule has 0 spiro atoms. The molecule has 1 aliphatic carbocycles. The Kier molecular flexibility index (Phi) is 4.16. The summed E-state index contributed by atoms with van der Waals surface area (Å²) in [5.41, 5.74) is -0.655. The van der Waals surface area contributed by atoms with E-state index in [1.54, 1.807) is 24.3 Å².